The molecule has 0 bridgehead atoms. The fourth-order valence-corrected chi connectivity index (χ4v) is 1.21. The molecule has 15 heavy (non-hydrogen) atoms. The highest BCUT2D eigenvalue weighted by Crippen LogP contribution is 2.16. The Morgan fingerprint density at radius 2 is 2.13 bits per heavy atom. The predicted molar refractivity (Wildman–Crippen MR) is 65.0 cm³/mol. The third-order valence-electron chi connectivity index (χ3n) is 1.90. The molecule has 0 saturated carbocycles. The average Bonchev–Trinajstić information content (AvgIpc) is 2.17. The lowest BCUT2D eigenvalue weighted by molar-refractivity contribution is -0.123. The number of pyridine rings is 1. The zero-order valence-corrected chi connectivity index (χ0v) is 10.8. The maximum absolute atomic E-state index is 11.6. The maximum atomic E-state index is 11.6. The van der Waals surface area contributed by atoms with Gasteiger partial charge in [-0.15, -0.1) is 0 Å². The van der Waals surface area contributed by atoms with Gasteiger partial charge in [0.2, 0.25) is 5.91 Å². The molecular weight excluding hydrogens is 256 g/mol. The molecule has 1 aromatic heterocycles. The first-order chi connectivity index (χ1) is 6.93. The van der Waals surface area contributed by atoms with E-state index in [1.54, 1.807) is 12.3 Å². The zero-order valence-electron chi connectivity index (χ0n) is 9.17. The number of anilines is 1. The largest absolute Gasteiger partial charge is 0.310 e. The van der Waals surface area contributed by atoms with Gasteiger partial charge in [-0.2, -0.15) is 0 Å². The fraction of sp³-hybridized carbons (Fsp3) is 0.455. The first-order valence-electron chi connectivity index (χ1n) is 4.76. The van der Waals surface area contributed by atoms with Gasteiger partial charge in [0.05, 0.1) is 0 Å². The van der Waals surface area contributed by atoms with Crippen LogP contribution in [0.25, 0.3) is 0 Å². The van der Waals surface area contributed by atoms with Crippen LogP contribution >= 0.6 is 15.9 Å². The number of nitrogens with zero attached hydrogens (tertiary/aromatic N) is 1. The van der Waals surface area contributed by atoms with Gasteiger partial charge in [-0.05, 0) is 11.6 Å². The summed E-state index contributed by atoms with van der Waals surface area (Å²) in [6.07, 6.45) is 1.74. The summed E-state index contributed by atoms with van der Waals surface area (Å²) >= 11 is 3.34. The minimum absolute atomic E-state index is 0.0263. The molecule has 0 aliphatic heterocycles. The summed E-state index contributed by atoms with van der Waals surface area (Å²) in [6.45, 7) is 5.61. The number of nitrogens with one attached hydrogen (secondary N) is 1. The van der Waals surface area contributed by atoms with Gasteiger partial charge in [-0.3, -0.25) is 4.79 Å². The van der Waals surface area contributed by atoms with Crippen molar-refractivity contribution in [3.8, 4) is 0 Å². The van der Waals surface area contributed by atoms with Gasteiger partial charge < -0.3 is 5.32 Å². The van der Waals surface area contributed by atoms with Crippen molar-refractivity contribution in [3.63, 3.8) is 0 Å². The lowest BCUT2D eigenvalue weighted by Gasteiger charge is -2.17. The van der Waals surface area contributed by atoms with E-state index in [1.807, 2.05) is 26.8 Å². The number of aromatic nitrogens is 1. The maximum Gasteiger partial charge on any atom is 0.230 e. The van der Waals surface area contributed by atoms with Crippen molar-refractivity contribution in [2.75, 3.05) is 5.32 Å². The molecular formula is C11H15BrN2O. The smallest absolute Gasteiger partial charge is 0.230 e. The van der Waals surface area contributed by atoms with E-state index < -0.39 is 5.41 Å². The standard InChI is InChI=1S/C11H15BrN2O/c1-11(2,3)10(15)14-9-5-4-8(6-12)7-13-9/h4-5,7H,6H2,1-3H3,(H,13,14,15). The number of halogens is 1. The third-order valence-corrected chi connectivity index (χ3v) is 2.55. The van der Waals surface area contributed by atoms with Gasteiger partial charge in [0.25, 0.3) is 0 Å². The molecule has 4 heteroatoms. The van der Waals surface area contributed by atoms with Crippen LogP contribution in [-0.2, 0) is 10.1 Å². The van der Waals surface area contributed by atoms with Crippen molar-refractivity contribution in [3.05, 3.63) is 23.9 Å². The normalized spacial score (nSPS) is 11.2. The highest BCUT2D eigenvalue weighted by atomic mass is 79.9. The number of carbonyl (C=O) groups is 1. The van der Waals surface area contributed by atoms with Crippen molar-refractivity contribution < 1.29 is 4.79 Å². The van der Waals surface area contributed by atoms with Crippen LogP contribution in [0.4, 0.5) is 5.82 Å². The van der Waals surface area contributed by atoms with E-state index in [4.69, 9.17) is 0 Å². The summed E-state index contributed by atoms with van der Waals surface area (Å²) in [5.41, 5.74) is 0.694. The average molecular weight is 271 g/mol. The van der Waals surface area contributed by atoms with Gasteiger partial charge >= 0.3 is 0 Å². The molecule has 0 spiro atoms. The molecule has 1 amide bonds. The Kier molecular flexibility index (Phi) is 3.85. The lowest BCUT2D eigenvalue weighted by atomic mass is 9.96. The van der Waals surface area contributed by atoms with Crippen LogP contribution in [0.15, 0.2) is 18.3 Å². The SMILES string of the molecule is CC(C)(C)C(=O)Nc1ccc(CBr)cn1. The summed E-state index contributed by atoms with van der Waals surface area (Å²) < 4.78 is 0. The Balaban J connectivity index is 2.70. The monoisotopic (exact) mass is 270 g/mol. The van der Waals surface area contributed by atoms with Crippen molar-refractivity contribution in [2.24, 2.45) is 5.41 Å². The Morgan fingerprint density at radius 1 is 1.47 bits per heavy atom. The van der Waals surface area contributed by atoms with E-state index in [0.29, 0.717) is 5.82 Å². The van der Waals surface area contributed by atoms with Crippen molar-refractivity contribution >= 4 is 27.7 Å². The van der Waals surface area contributed by atoms with Crippen molar-refractivity contribution in [2.45, 2.75) is 26.1 Å². The zero-order chi connectivity index (χ0) is 11.5. The fourth-order valence-electron chi connectivity index (χ4n) is 0.881. The van der Waals surface area contributed by atoms with Crippen molar-refractivity contribution in [1.29, 1.82) is 0 Å². The summed E-state index contributed by atoms with van der Waals surface area (Å²) in [7, 11) is 0. The van der Waals surface area contributed by atoms with Gasteiger partial charge in [0, 0.05) is 16.9 Å². The second-order valence-electron chi connectivity index (χ2n) is 4.39. The van der Waals surface area contributed by atoms with Gasteiger partial charge in [0.15, 0.2) is 0 Å². The molecule has 0 saturated heterocycles. The molecule has 1 rings (SSSR count). The molecule has 0 aliphatic carbocycles. The Morgan fingerprint density at radius 3 is 2.53 bits per heavy atom. The molecule has 1 aromatic rings. The Hall–Kier alpha value is -0.900. The first-order valence-corrected chi connectivity index (χ1v) is 5.88. The molecule has 0 aliphatic rings. The van der Waals surface area contributed by atoms with E-state index in [0.717, 1.165) is 10.9 Å². The van der Waals surface area contributed by atoms with Crippen LogP contribution in [0.2, 0.25) is 0 Å². The Bertz CT molecular complexity index is 341. The van der Waals surface area contributed by atoms with Crippen LogP contribution in [0.1, 0.15) is 26.3 Å². The molecule has 82 valence electrons. The van der Waals surface area contributed by atoms with E-state index in [-0.39, 0.29) is 5.91 Å². The number of carbonyl (C=O) groups excluding carboxylic acids is 1. The van der Waals surface area contributed by atoms with Crippen LogP contribution in [-0.4, -0.2) is 10.9 Å². The number of rotatable bonds is 2. The number of amides is 1. The molecule has 0 radical (unpaired) electrons. The third kappa shape index (κ3) is 3.63. The minimum Gasteiger partial charge on any atom is -0.310 e. The van der Waals surface area contributed by atoms with Crippen molar-refractivity contribution in [1.82, 2.24) is 4.98 Å². The van der Waals surface area contributed by atoms with Crippen LogP contribution in [0, 0.1) is 5.41 Å². The van der Waals surface area contributed by atoms with E-state index in [2.05, 4.69) is 26.2 Å². The number of hydrogen-bond acceptors (Lipinski definition) is 2. The van der Waals surface area contributed by atoms with E-state index >= 15 is 0 Å². The van der Waals surface area contributed by atoms with Crippen LogP contribution in [0.5, 0.6) is 0 Å². The van der Waals surface area contributed by atoms with Gasteiger partial charge in [0.1, 0.15) is 5.82 Å². The Labute approximate surface area is 98.4 Å². The topological polar surface area (TPSA) is 42.0 Å². The molecule has 0 unspecified atom stereocenters. The highest BCUT2D eigenvalue weighted by molar-refractivity contribution is 9.08. The predicted octanol–water partition coefficient (Wildman–Crippen LogP) is 2.96. The highest BCUT2D eigenvalue weighted by Gasteiger charge is 2.21. The minimum atomic E-state index is -0.393. The van der Waals surface area contributed by atoms with Gasteiger partial charge in [-0.25, -0.2) is 4.98 Å². The number of hydrogen-bond donors (Lipinski definition) is 1. The summed E-state index contributed by atoms with van der Waals surface area (Å²) in [6, 6.07) is 3.74. The molecule has 1 heterocycles. The summed E-state index contributed by atoms with van der Waals surface area (Å²) in [5, 5.41) is 3.54. The molecule has 0 fully saturated rings. The lowest BCUT2D eigenvalue weighted by Crippen LogP contribution is -2.27. The second-order valence-corrected chi connectivity index (χ2v) is 4.95. The second kappa shape index (κ2) is 4.75. The molecule has 0 aromatic carbocycles. The summed E-state index contributed by atoms with van der Waals surface area (Å²) in [5.74, 6) is 0.571. The number of alkyl halides is 1. The summed E-state index contributed by atoms with van der Waals surface area (Å²) in [4.78, 5) is 15.8. The first kappa shape index (κ1) is 12.2. The van der Waals surface area contributed by atoms with Gasteiger partial charge in [-0.1, -0.05) is 42.8 Å². The van der Waals surface area contributed by atoms with Crippen LogP contribution < -0.4 is 5.32 Å². The molecule has 1 N–H and O–H groups in total. The molecule has 3 nitrogen and oxygen atoms in total. The van der Waals surface area contributed by atoms with E-state index in [1.165, 1.54) is 0 Å². The quantitative estimate of drug-likeness (QED) is 0.840. The molecule has 0 atom stereocenters. The van der Waals surface area contributed by atoms with Crippen LogP contribution in [0.3, 0.4) is 0 Å². The van der Waals surface area contributed by atoms with E-state index in [9.17, 15) is 4.79 Å².